The van der Waals surface area contributed by atoms with Crippen LogP contribution in [-0.2, 0) is 0 Å². The molecule has 0 radical (unpaired) electrons. The number of nitrogens with one attached hydrogen (secondary N) is 1. The molecule has 1 aromatic carbocycles. The maximum atomic E-state index is 12.2. The summed E-state index contributed by atoms with van der Waals surface area (Å²) in [6.45, 7) is 0. The van der Waals surface area contributed by atoms with Crippen LogP contribution in [0.25, 0.3) is 5.69 Å². The predicted octanol–water partition coefficient (Wildman–Crippen LogP) is 0.766. The molecule has 7 heteroatoms. The van der Waals surface area contributed by atoms with Crippen LogP contribution in [0, 0.1) is 0 Å². The fourth-order valence-corrected chi connectivity index (χ4v) is 2.17. The number of hydrogen-bond donors (Lipinski definition) is 1. The summed E-state index contributed by atoms with van der Waals surface area (Å²) < 4.78 is 0. The van der Waals surface area contributed by atoms with E-state index in [0.717, 1.165) is 0 Å². The molecular weight excluding hydrogens is 258 g/mol. The van der Waals surface area contributed by atoms with Crippen LogP contribution in [0.5, 0.6) is 0 Å². The van der Waals surface area contributed by atoms with Crippen molar-refractivity contribution in [3.05, 3.63) is 59.2 Å². The maximum Gasteiger partial charge on any atom is 0.234 e. The van der Waals surface area contributed by atoms with E-state index in [9.17, 15) is 9.59 Å². The molecular formula is C13H7N5O2. The Kier molecular flexibility index (Phi) is 2.00. The second kappa shape index (κ2) is 3.70. The normalized spacial score (nSPS) is 13.2. The molecule has 0 aliphatic heterocycles. The van der Waals surface area contributed by atoms with Crippen molar-refractivity contribution in [1.29, 1.82) is 0 Å². The van der Waals surface area contributed by atoms with Crippen LogP contribution in [0.15, 0.2) is 36.5 Å². The molecule has 3 aromatic rings. The van der Waals surface area contributed by atoms with Crippen molar-refractivity contribution >= 4 is 11.6 Å². The van der Waals surface area contributed by atoms with Gasteiger partial charge in [0.15, 0.2) is 11.4 Å². The Morgan fingerprint density at radius 3 is 2.40 bits per heavy atom. The third kappa shape index (κ3) is 1.31. The van der Waals surface area contributed by atoms with E-state index in [2.05, 4.69) is 20.4 Å². The first-order chi connectivity index (χ1) is 9.75. The predicted molar refractivity (Wildman–Crippen MR) is 66.8 cm³/mol. The molecule has 0 spiro atoms. The van der Waals surface area contributed by atoms with Crippen LogP contribution >= 0.6 is 0 Å². The molecule has 96 valence electrons. The minimum absolute atomic E-state index is 0.0515. The van der Waals surface area contributed by atoms with Gasteiger partial charge in [-0.1, -0.05) is 18.2 Å². The molecule has 1 N–H and O–H groups in total. The van der Waals surface area contributed by atoms with Gasteiger partial charge in [-0.3, -0.25) is 14.7 Å². The van der Waals surface area contributed by atoms with Crippen molar-refractivity contribution < 1.29 is 9.59 Å². The molecule has 0 saturated carbocycles. The Morgan fingerprint density at radius 2 is 1.65 bits per heavy atom. The van der Waals surface area contributed by atoms with E-state index in [4.69, 9.17) is 0 Å². The largest absolute Gasteiger partial charge is 0.287 e. The zero-order valence-electron chi connectivity index (χ0n) is 10.1. The van der Waals surface area contributed by atoms with Crippen LogP contribution in [-0.4, -0.2) is 36.8 Å². The number of ketones is 2. The summed E-state index contributed by atoms with van der Waals surface area (Å²) in [5.74, 6) is -0.709. The molecule has 20 heavy (non-hydrogen) atoms. The van der Waals surface area contributed by atoms with Crippen LogP contribution in [0.2, 0.25) is 0 Å². The lowest BCUT2D eigenvalue weighted by atomic mass is 9.97. The summed E-state index contributed by atoms with van der Waals surface area (Å²) in [5, 5.41) is 14.5. The van der Waals surface area contributed by atoms with E-state index in [-0.39, 0.29) is 34.2 Å². The third-order valence-corrected chi connectivity index (χ3v) is 3.14. The van der Waals surface area contributed by atoms with Gasteiger partial charge in [0, 0.05) is 0 Å². The highest BCUT2D eigenvalue weighted by Crippen LogP contribution is 2.23. The Hall–Kier alpha value is -3.09. The molecule has 4 rings (SSSR count). The number of nitrogens with zero attached hydrogens (tertiary/aromatic N) is 4. The first-order valence-corrected chi connectivity index (χ1v) is 5.91. The monoisotopic (exact) mass is 265 g/mol. The number of aromatic amines is 1. The quantitative estimate of drug-likeness (QED) is 0.548. The van der Waals surface area contributed by atoms with Crippen LogP contribution in [0.1, 0.15) is 32.2 Å². The zero-order chi connectivity index (χ0) is 13.7. The molecule has 7 nitrogen and oxygen atoms in total. The Bertz CT molecular complexity index is 799. The van der Waals surface area contributed by atoms with Crippen LogP contribution in [0.3, 0.4) is 0 Å². The van der Waals surface area contributed by atoms with Gasteiger partial charge in [0.1, 0.15) is 5.69 Å². The summed E-state index contributed by atoms with van der Waals surface area (Å²) in [6.07, 6.45) is 1.33. The van der Waals surface area contributed by atoms with Crippen molar-refractivity contribution in [3.63, 3.8) is 0 Å². The van der Waals surface area contributed by atoms with Gasteiger partial charge in [-0.15, -0.1) is 10.2 Å². The van der Waals surface area contributed by atoms with Crippen molar-refractivity contribution in [2.24, 2.45) is 0 Å². The minimum Gasteiger partial charge on any atom is -0.287 e. The summed E-state index contributed by atoms with van der Waals surface area (Å²) in [5.41, 5.74) is 1.21. The summed E-state index contributed by atoms with van der Waals surface area (Å²) in [6, 6.07) is 9.10. The average molecular weight is 265 g/mol. The van der Waals surface area contributed by atoms with E-state index in [0.29, 0.717) is 5.69 Å². The molecule has 0 unspecified atom stereocenters. The number of aromatic nitrogens is 5. The van der Waals surface area contributed by atoms with Gasteiger partial charge in [0.25, 0.3) is 0 Å². The molecule has 0 saturated heterocycles. The lowest BCUT2D eigenvalue weighted by Gasteiger charge is -2.04. The highest BCUT2D eigenvalue weighted by molar-refractivity contribution is 6.26. The van der Waals surface area contributed by atoms with Gasteiger partial charge in [-0.25, -0.2) is 0 Å². The van der Waals surface area contributed by atoms with Gasteiger partial charge in [-0.05, 0) is 12.1 Å². The molecule has 2 aromatic heterocycles. The maximum absolute atomic E-state index is 12.2. The highest BCUT2D eigenvalue weighted by atomic mass is 16.1. The van der Waals surface area contributed by atoms with Gasteiger partial charge < -0.3 is 0 Å². The number of para-hydroxylation sites is 1. The Morgan fingerprint density at radius 1 is 0.950 bits per heavy atom. The van der Waals surface area contributed by atoms with Gasteiger partial charge >= 0.3 is 0 Å². The van der Waals surface area contributed by atoms with Crippen LogP contribution in [0.4, 0.5) is 0 Å². The number of fused-ring (bicyclic) bond motifs is 2. The highest BCUT2D eigenvalue weighted by Gasteiger charge is 2.36. The molecule has 0 atom stereocenters. The van der Waals surface area contributed by atoms with E-state index >= 15 is 0 Å². The Labute approximate surface area is 112 Å². The molecule has 1 aliphatic carbocycles. The molecule has 1 aliphatic rings. The minimum atomic E-state index is -0.366. The summed E-state index contributed by atoms with van der Waals surface area (Å²) in [7, 11) is 0. The first-order valence-electron chi connectivity index (χ1n) is 5.91. The van der Waals surface area contributed by atoms with E-state index in [1.807, 2.05) is 18.2 Å². The first kappa shape index (κ1) is 10.8. The fraction of sp³-hybridized carbons (Fsp3) is 0. The molecule has 2 heterocycles. The molecule has 0 bridgehead atoms. The standard InChI is InChI=1S/C13H7N5O2/c19-12-8-6-14-15-9(8)13(20)11-10(12)16-18(17-11)7-4-2-1-3-5-7/h1-6H,(H,14,15). The number of carbonyl (C=O) groups excluding carboxylic acids is 2. The number of hydrogen-bond acceptors (Lipinski definition) is 5. The summed E-state index contributed by atoms with van der Waals surface area (Å²) in [4.78, 5) is 25.7. The van der Waals surface area contributed by atoms with E-state index in [1.54, 1.807) is 12.1 Å². The van der Waals surface area contributed by atoms with E-state index in [1.165, 1.54) is 11.0 Å². The van der Waals surface area contributed by atoms with Gasteiger partial charge in [0.05, 0.1) is 17.4 Å². The second-order valence-corrected chi connectivity index (χ2v) is 4.34. The van der Waals surface area contributed by atoms with Crippen molar-refractivity contribution in [2.75, 3.05) is 0 Å². The zero-order valence-corrected chi connectivity index (χ0v) is 10.1. The number of rotatable bonds is 1. The third-order valence-electron chi connectivity index (χ3n) is 3.14. The van der Waals surface area contributed by atoms with Gasteiger partial charge in [0.2, 0.25) is 11.6 Å². The number of benzene rings is 1. The van der Waals surface area contributed by atoms with Crippen molar-refractivity contribution in [3.8, 4) is 5.69 Å². The Balaban J connectivity index is 1.91. The molecule has 0 amide bonds. The fourth-order valence-electron chi connectivity index (χ4n) is 2.17. The number of H-pyrrole nitrogens is 1. The summed E-state index contributed by atoms with van der Waals surface area (Å²) >= 11 is 0. The SMILES string of the molecule is O=C1c2cn[nH]c2C(=O)c2nn(-c3ccccc3)nc21. The van der Waals surface area contributed by atoms with Crippen molar-refractivity contribution in [2.45, 2.75) is 0 Å². The average Bonchev–Trinajstić information content (AvgIpc) is 3.13. The molecule has 0 fully saturated rings. The smallest absolute Gasteiger partial charge is 0.234 e. The lowest BCUT2D eigenvalue weighted by Crippen LogP contribution is -2.19. The van der Waals surface area contributed by atoms with Crippen LogP contribution < -0.4 is 0 Å². The topological polar surface area (TPSA) is 93.5 Å². The second-order valence-electron chi connectivity index (χ2n) is 4.34. The van der Waals surface area contributed by atoms with Crippen molar-refractivity contribution in [1.82, 2.24) is 25.2 Å². The number of carbonyl (C=O) groups is 2. The lowest BCUT2D eigenvalue weighted by molar-refractivity contribution is 0.0972. The van der Waals surface area contributed by atoms with E-state index < -0.39 is 0 Å². The van der Waals surface area contributed by atoms with Gasteiger partial charge in [-0.2, -0.15) is 9.90 Å².